The summed E-state index contributed by atoms with van der Waals surface area (Å²) in [6, 6.07) is 3.93. The summed E-state index contributed by atoms with van der Waals surface area (Å²) in [5.41, 5.74) is 6.00. The van der Waals surface area contributed by atoms with Gasteiger partial charge in [-0.3, -0.25) is 0 Å². The summed E-state index contributed by atoms with van der Waals surface area (Å²) < 4.78 is 13.0. The molecule has 4 heteroatoms. The lowest BCUT2D eigenvalue weighted by molar-refractivity contribution is 0.595. The molecule has 0 radical (unpaired) electrons. The van der Waals surface area contributed by atoms with Crippen molar-refractivity contribution in [3.05, 3.63) is 34.6 Å². The van der Waals surface area contributed by atoms with Gasteiger partial charge in [0.25, 0.3) is 0 Å². The standard InChI is InChI=1S/C8H9ClFNS/c9-5-1-2-7(10)6(3-5)8(11)4-12/h1-3,8,12H,4,11H2. The molecule has 0 bridgehead atoms. The summed E-state index contributed by atoms with van der Waals surface area (Å²) in [6.45, 7) is 0. The van der Waals surface area contributed by atoms with Crippen molar-refractivity contribution in [3.63, 3.8) is 0 Å². The van der Waals surface area contributed by atoms with Crippen molar-refractivity contribution in [1.29, 1.82) is 0 Å². The number of benzene rings is 1. The fraction of sp³-hybridized carbons (Fsp3) is 0.250. The van der Waals surface area contributed by atoms with Crippen LogP contribution in [0, 0.1) is 5.82 Å². The second kappa shape index (κ2) is 4.12. The highest BCUT2D eigenvalue weighted by Crippen LogP contribution is 2.20. The van der Waals surface area contributed by atoms with Crippen molar-refractivity contribution >= 4 is 24.2 Å². The molecule has 1 rings (SSSR count). The Morgan fingerprint density at radius 2 is 2.25 bits per heavy atom. The van der Waals surface area contributed by atoms with Crippen LogP contribution in [0.2, 0.25) is 5.02 Å². The Kier molecular flexibility index (Phi) is 3.38. The van der Waals surface area contributed by atoms with E-state index in [-0.39, 0.29) is 5.82 Å². The van der Waals surface area contributed by atoms with Gasteiger partial charge >= 0.3 is 0 Å². The Morgan fingerprint density at radius 3 is 2.83 bits per heavy atom. The molecule has 2 N–H and O–H groups in total. The smallest absolute Gasteiger partial charge is 0.128 e. The number of rotatable bonds is 2. The molecule has 0 aliphatic rings. The molecule has 1 aromatic carbocycles. The maximum atomic E-state index is 13.0. The van der Waals surface area contributed by atoms with Gasteiger partial charge in [0.05, 0.1) is 0 Å². The van der Waals surface area contributed by atoms with Crippen LogP contribution in [0.3, 0.4) is 0 Å². The normalized spacial score (nSPS) is 13.0. The summed E-state index contributed by atoms with van der Waals surface area (Å²) in [4.78, 5) is 0. The van der Waals surface area contributed by atoms with E-state index < -0.39 is 6.04 Å². The van der Waals surface area contributed by atoms with E-state index in [9.17, 15) is 4.39 Å². The number of hydrogen-bond donors (Lipinski definition) is 2. The Bertz CT molecular complexity index is 280. The average Bonchev–Trinajstić information content (AvgIpc) is 2.08. The average molecular weight is 206 g/mol. The number of hydrogen-bond acceptors (Lipinski definition) is 2. The fourth-order valence-electron chi connectivity index (χ4n) is 0.897. The molecule has 0 aliphatic heterocycles. The minimum atomic E-state index is -0.396. The third kappa shape index (κ3) is 2.12. The van der Waals surface area contributed by atoms with E-state index in [0.717, 1.165) is 0 Å². The minimum Gasteiger partial charge on any atom is -0.323 e. The molecule has 0 spiro atoms. The summed E-state index contributed by atoms with van der Waals surface area (Å²) in [7, 11) is 0. The molecule has 0 saturated heterocycles. The predicted octanol–water partition coefficient (Wildman–Crippen LogP) is 2.41. The Hall–Kier alpha value is -0.250. The van der Waals surface area contributed by atoms with Gasteiger partial charge in [-0.1, -0.05) is 11.6 Å². The van der Waals surface area contributed by atoms with Gasteiger partial charge in [0, 0.05) is 22.4 Å². The van der Waals surface area contributed by atoms with Crippen LogP contribution in [0.25, 0.3) is 0 Å². The van der Waals surface area contributed by atoms with Crippen molar-refractivity contribution in [3.8, 4) is 0 Å². The van der Waals surface area contributed by atoms with E-state index in [1.165, 1.54) is 18.2 Å². The van der Waals surface area contributed by atoms with Crippen molar-refractivity contribution in [2.75, 3.05) is 5.75 Å². The highest BCUT2D eigenvalue weighted by atomic mass is 35.5. The van der Waals surface area contributed by atoms with E-state index in [2.05, 4.69) is 12.6 Å². The molecule has 0 heterocycles. The van der Waals surface area contributed by atoms with E-state index in [1.807, 2.05) is 0 Å². The SMILES string of the molecule is NC(CS)c1cc(Cl)ccc1F. The number of halogens is 2. The molecular weight excluding hydrogens is 197 g/mol. The van der Waals surface area contributed by atoms with E-state index in [1.54, 1.807) is 0 Å². The van der Waals surface area contributed by atoms with Crippen LogP contribution in [0.1, 0.15) is 11.6 Å². The Morgan fingerprint density at radius 1 is 1.58 bits per heavy atom. The van der Waals surface area contributed by atoms with Crippen LogP contribution in [0.5, 0.6) is 0 Å². The van der Waals surface area contributed by atoms with E-state index in [4.69, 9.17) is 17.3 Å². The lowest BCUT2D eigenvalue weighted by Crippen LogP contribution is -2.13. The van der Waals surface area contributed by atoms with Crippen molar-refractivity contribution in [1.82, 2.24) is 0 Å². The van der Waals surface area contributed by atoms with Gasteiger partial charge in [-0.25, -0.2) is 4.39 Å². The van der Waals surface area contributed by atoms with Gasteiger partial charge in [0.2, 0.25) is 0 Å². The summed E-state index contributed by atoms with van der Waals surface area (Å²) in [5, 5.41) is 0.489. The van der Waals surface area contributed by atoms with E-state index in [0.29, 0.717) is 16.3 Å². The summed E-state index contributed by atoms with van der Waals surface area (Å²) in [6.07, 6.45) is 0. The van der Waals surface area contributed by atoms with Crippen LogP contribution < -0.4 is 5.73 Å². The van der Waals surface area contributed by atoms with Gasteiger partial charge in [-0.15, -0.1) is 0 Å². The van der Waals surface area contributed by atoms with Gasteiger partial charge in [0.15, 0.2) is 0 Å². The lowest BCUT2D eigenvalue weighted by atomic mass is 10.1. The topological polar surface area (TPSA) is 26.0 Å². The van der Waals surface area contributed by atoms with Crippen molar-refractivity contribution < 1.29 is 4.39 Å². The molecule has 0 fully saturated rings. The fourth-order valence-corrected chi connectivity index (χ4v) is 1.27. The van der Waals surface area contributed by atoms with Crippen molar-refractivity contribution in [2.45, 2.75) is 6.04 Å². The number of thiol groups is 1. The quantitative estimate of drug-likeness (QED) is 0.713. The zero-order valence-electron chi connectivity index (χ0n) is 6.30. The largest absolute Gasteiger partial charge is 0.323 e. The van der Waals surface area contributed by atoms with Crippen LogP contribution in [-0.2, 0) is 0 Å². The highest BCUT2D eigenvalue weighted by Gasteiger charge is 2.09. The second-order valence-electron chi connectivity index (χ2n) is 2.45. The molecule has 1 atom stereocenters. The second-order valence-corrected chi connectivity index (χ2v) is 3.26. The molecule has 0 aliphatic carbocycles. The number of nitrogens with two attached hydrogens (primary N) is 1. The first-order chi connectivity index (χ1) is 5.65. The van der Waals surface area contributed by atoms with Gasteiger partial charge in [0.1, 0.15) is 5.82 Å². The highest BCUT2D eigenvalue weighted by molar-refractivity contribution is 7.80. The predicted molar refractivity (Wildman–Crippen MR) is 52.2 cm³/mol. The maximum Gasteiger partial charge on any atom is 0.128 e. The summed E-state index contributed by atoms with van der Waals surface area (Å²) >= 11 is 9.64. The maximum absolute atomic E-state index is 13.0. The molecular formula is C8H9ClFNS. The molecule has 12 heavy (non-hydrogen) atoms. The molecule has 1 nitrogen and oxygen atoms in total. The van der Waals surface area contributed by atoms with Crippen LogP contribution in [0.4, 0.5) is 4.39 Å². The van der Waals surface area contributed by atoms with Gasteiger partial charge in [-0.2, -0.15) is 12.6 Å². The Labute approximate surface area is 81.1 Å². The third-order valence-corrected chi connectivity index (χ3v) is 2.18. The van der Waals surface area contributed by atoms with Crippen LogP contribution in [0.15, 0.2) is 18.2 Å². The van der Waals surface area contributed by atoms with Crippen molar-refractivity contribution in [2.24, 2.45) is 5.73 Å². The molecule has 0 saturated carbocycles. The molecule has 1 aromatic rings. The van der Waals surface area contributed by atoms with Crippen LogP contribution in [-0.4, -0.2) is 5.75 Å². The molecule has 1 unspecified atom stereocenters. The third-order valence-electron chi connectivity index (χ3n) is 1.55. The first-order valence-corrected chi connectivity index (χ1v) is 4.47. The molecule has 0 amide bonds. The van der Waals surface area contributed by atoms with Gasteiger partial charge in [-0.05, 0) is 18.2 Å². The van der Waals surface area contributed by atoms with Gasteiger partial charge < -0.3 is 5.73 Å². The summed E-state index contributed by atoms with van der Waals surface area (Å²) in [5.74, 6) is 0.0676. The zero-order valence-corrected chi connectivity index (χ0v) is 7.95. The Balaban J connectivity index is 3.04. The minimum absolute atomic E-state index is 0.332. The molecule has 66 valence electrons. The van der Waals surface area contributed by atoms with Crippen LogP contribution >= 0.6 is 24.2 Å². The first-order valence-electron chi connectivity index (χ1n) is 3.46. The molecule has 0 aromatic heterocycles. The monoisotopic (exact) mass is 205 g/mol. The lowest BCUT2D eigenvalue weighted by Gasteiger charge is -2.09. The van der Waals surface area contributed by atoms with E-state index >= 15 is 0 Å². The zero-order chi connectivity index (χ0) is 9.14. The first kappa shape index (κ1) is 9.84.